The Morgan fingerprint density at radius 3 is 2.61 bits per heavy atom. The molecule has 1 aliphatic heterocycles. The summed E-state index contributed by atoms with van der Waals surface area (Å²) in [7, 11) is 1.43. The smallest absolute Gasteiger partial charge is 0.230 e. The molecule has 0 spiro atoms. The maximum atomic E-state index is 13.6. The fraction of sp³-hybridized carbons (Fsp3) is 0.611. The summed E-state index contributed by atoms with van der Waals surface area (Å²) in [6, 6.07) is 4.63. The van der Waals surface area contributed by atoms with Crippen molar-refractivity contribution >= 4 is 5.91 Å². The third-order valence-corrected chi connectivity index (χ3v) is 5.15. The van der Waals surface area contributed by atoms with Gasteiger partial charge in [0.15, 0.2) is 11.6 Å². The van der Waals surface area contributed by atoms with Gasteiger partial charge in [-0.2, -0.15) is 0 Å². The summed E-state index contributed by atoms with van der Waals surface area (Å²) in [6.45, 7) is 6.96. The molecule has 1 aromatic rings. The van der Waals surface area contributed by atoms with Crippen LogP contribution in [-0.2, 0) is 10.2 Å². The van der Waals surface area contributed by atoms with Gasteiger partial charge >= 0.3 is 0 Å². The van der Waals surface area contributed by atoms with E-state index in [-0.39, 0.29) is 17.2 Å². The zero-order valence-corrected chi connectivity index (χ0v) is 14.1. The van der Waals surface area contributed by atoms with E-state index in [9.17, 15) is 9.18 Å². The van der Waals surface area contributed by atoms with Crippen LogP contribution in [0.2, 0.25) is 0 Å². The highest BCUT2D eigenvalue weighted by atomic mass is 19.1. The van der Waals surface area contributed by atoms with Crippen molar-refractivity contribution in [3.8, 4) is 5.75 Å². The first-order chi connectivity index (χ1) is 10.9. The summed E-state index contributed by atoms with van der Waals surface area (Å²) >= 11 is 0. The number of hydrogen-bond acceptors (Lipinski definition) is 3. The molecule has 1 heterocycles. The van der Waals surface area contributed by atoms with E-state index >= 15 is 0 Å². The predicted molar refractivity (Wildman–Crippen MR) is 87.1 cm³/mol. The second-order valence-corrected chi connectivity index (χ2v) is 7.34. The van der Waals surface area contributed by atoms with E-state index in [1.807, 2.05) is 13.8 Å². The molecule has 2 fully saturated rings. The number of likely N-dealkylation sites (tertiary alicyclic amines) is 1. The second-order valence-electron chi connectivity index (χ2n) is 7.34. The average Bonchev–Trinajstić information content (AvgIpc) is 3.23. The van der Waals surface area contributed by atoms with Crippen LogP contribution < -0.4 is 10.1 Å². The van der Waals surface area contributed by atoms with Gasteiger partial charge in [0.25, 0.3) is 0 Å². The maximum Gasteiger partial charge on any atom is 0.230 e. The van der Waals surface area contributed by atoms with Gasteiger partial charge < -0.3 is 15.0 Å². The lowest BCUT2D eigenvalue weighted by Gasteiger charge is -2.36. The Labute approximate surface area is 137 Å². The van der Waals surface area contributed by atoms with Gasteiger partial charge in [-0.15, -0.1) is 0 Å². The van der Waals surface area contributed by atoms with Crippen molar-refractivity contribution in [1.29, 1.82) is 0 Å². The van der Waals surface area contributed by atoms with Gasteiger partial charge in [-0.1, -0.05) is 6.07 Å². The summed E-state index contributed by atoms with van der Waals surface area (Å²) in [5.41, 5.74) is -0.0299. The molecular formula is C18H25FN2O2. The summed E-state index contributed by atoms with van der Waals surface area (Å²) in [5.74, 6) is -0.252. The van der Waals surface area contributed by atoms with E-state index in [1.54, 1.807) is 12.1 Å². The zero-order chi connectivity index (χ0) is 16.7. The van der Waals surface area contributed by atoms with Crippen LogP contribution in [0.4, 0.5) is 4.39 Å². The van der Waals surface area contributed by atoms with Crippen molar-refractivity contribution in [1.82, 2.24) is 10.2 Å². The Morgan fingerprint density at radius 2 is 2.09 bits per heavy atom. The number of hydrogen-bond donors (Lipinski definition) is 1. The minimum atomic E-state index is -0.731. The van der Waals surface area contributed by atoms with Crippen LogP contribution in [0, 0.1) is 5.82 Å². The van der Waals surface area contributed by atoms with Gasteiger partial charge in [0.1, 0.15) is 0 Å². The molecular weight excluding hydrogens is 295 g/mol. The van der Waals surface area contributed by atoms with Crippen molar-refractivity contribution in [2.24, 2.45) is 0 Å². The van der Waals surface area contributed by atoms with Crippen LogP contribution in [0.5, 0.6) is 5.75 Å². The summed E-state index contributed by atoms with van der Waals surface area (Å²) in [5, 5.41) is 3.24. The van der Waals surface area contributed by atoms with Crippen LogP contribution in [0.1, 0.15) is 38.7 Å². The van der Waals surface area contributed by atoms with Crippen molar-refractivity contribution in [3.05, 3.63) is 29.6 Å². The third-order valence-electron chi connectivity index (χ3n) is 5.15. The lowest BCUT2D eigenvalue weighted by atomic mass is 9.83. The van der Waals surface area contributed by atoms with E-state index in [0.717, 1.165) is 38.0 Å². The van der Waals surface area contributed by atoms with Crippen molar-refractivity contribution in [2.75, 3.05) is 26.7 Å². The number of nitrogens with zero attached hydrogens (tertiary/aromatic N) is 1. The SMILES string of the molecule is COc1cc(C(C)(C)C(=O)NC2(CN3CCC3)CC2)ccc1F. The molecule has 5 heteroatoms. The molecule has 4 nitrogen and oxygen atoms in total. The number of amides is 1. The van der Waals surface area contributed by atoms with E-state index in [2.05, 4.69) is 10.2 Å². The molecule has 1 amide bonds. The number of carbonyl (C=O) groups excluding carboxylic acids is 1. The van der Waals surface area contributed by atoms with E-state index in [4.69, 9.17) is 4.74 Å². The van der Waals surface area contributed by atoms with Crippen LogP contribution in [-0.4, -0.2) is 43.1 Å². The first-order valence-electron chi connectivity index (χ1n) is 8.25. The number of rotatable bonds is 6. The van der Waals surface area contributed by atoms with Gasteiger partial charge in [0.2, 0.25) is 5.91 Å². The maximum absolute atomic E-state index is 13.6. The normalized spacial score (nSPS) is 19.8. The standard InChI is InChI=1S/C18H25FN2O2/c1-17(2,13-5-6-14(19)15(11-13)23-3)16(22)20-18(7-8-18)12-21-9-4-10-21/h5-6,11H,4,7-10,12H2,1-3H3,(H,20,22). The fourth-order valence-corrected chi connectivity index (χ4v) is 3.02. The summed E-state index contributed by atoms with van der Waals surface area (Å²) in [4.78, 5) is 15.2. The molecule has 0 radical (unpaired) electrons. The molecule has 1 N–H and O–H groups in total. The van der Waals surface area contributed by atoms with Gasteiger partial charge in [-0.3, -0.25) is 4.79 Å². The summed E-state index contributed by atoms with van der Waals surface area (Å²) < 4.78 is 18.6. The number of methoxy groups -OCH3 is 1. The monoisotopic (exact) mass is 320 g/mol. The largest absolute Gasteiger partial charge is 0.494 e. The quantitative estimate of drug-likeness (QED) is 0.875. The number of benzene rings is 1. The van der Waals surface area contributed by atoms with Gasteiger partial charge in [-0.25, -0.2) is 4.39 Å². The van der Waals surface area contributed by atoms with E-state index in [0.29, 0.717) is 0 Å². The molecule has 0 unspecified atom stereocenters. The van der Waals surface area contributed by atoms with Crippen LogP contribution in [0.3, 0.4) is 0 Å². The predicted octanol–water partition coefficient (Wildman–Crippen LogP) is 2.47. The molecule has 2 aliphatic rings. The van der Waals surface area contributed by atoms with Crippen molar-refractivity contribution in [2.45, 2.75) is 44.1 Å². The molecule has 0 bridgehead atoms. The van der Waals surface area contributed by atoms with Crippen LogP contribution in [0.25, 0.3) is 0 Å². The lowest BCUT2D eigenvalue weighted by molar-refractivity contribution is -0.126. The van der Waals surface area contributed by atoms with Crippen LogP contribution in [0.15, 0.2) is 18.2 Å². The van der Waals surface area contributed by atoms with Crippen molar-refractivity contribution in [3.63, 3.8) is 0 Å². The number of carbonyl (C=O) groups is 1. The Morgan fingerprint density at radius 1 is 1.39 bits per heavy atom. The van der Waals surface area contributed by atoms with E-state index in [1.165, 1.54) is 19.6 Å². The highest BCUT2D eigenvalue weighted by molar-refractivity contribution is 5.88. The van der Waals surface area contributed by atoms with Gasteiger partial charge in [-0.05, 0) is 63.9 Å². The molecule has 1 saturated carbocycles. The van der Waals surface area contributed by atoms with Gasteiger partial charge in [0, 0.05) is 6.54 Å². The molecule has 1 aromatic carbocycles. The Bertz CT molecular complexity index is 607. The molecule has 0 aromatic heterocycles. The Hall–Kier alpha value is -1.62. The summed E-state index contributed by atoms with van der Waals surface area (Å²) in [6.07, 6.45) is 3.33. The second kappa shape index (κ2) is 5.78. The topological polar surface area (TPSA) is 41.6 Å². The minimum absolute atomic E-state index is 0.0100. The lowest BCUT2D eigenvalue weighted by Crippen LogP contribution is -2.53. The minimum Gasteiger partial charge on any atom is -0.494 e. The van der Waals surface area contributed by atoms with Crippen LogP contribution >= 0.6 is 0 Å². The Balaban J connectivity index is 1.72. The van der Waals surface area contributed by atoms with Crippen molar-refractivity contribution < 1.29 is 13.9 Å². The first kappa shape index (κ1) is 16.2. The zero-order valence-electron chi connectivity index (χ0n) is 14.1. The average molecular weight is 320 g/mol. The first-order valence-corrected chi connectivity index (χ1v) is 8.25. The van der Waals surface area contributed by atoms with E-state index < -0.39 is 11.2 Å². The number of halogens is 1. The molecule has 23 heavy (non-hydrogen) atoms. The molecule has 0 atom stereocenters. The fourth-order valence-electron chi connectivity index (χ4n) is 3.02. The third kappa shape index (κ3) is 3.20. The highest BCUT2D eigenvalue weighted by Crippen LogP contribution is 2.39. The number of ether oxygens (including phenoxy) is 1. The number of nitrogens with one attached hydrogen (secondary N) is 1. The molecule has 1 aliphatic carbocycles. The van der Waals surface area contributed by atoms with Gasteiger partial charge in [0.05, 0.1) is 18.1 Å². The molecule has 126 valence electrons. The Kier molecular flexibility index (Phi) is 4.08. The molecule has 1 saturated heterocycles. The molecule has 3 rings (SSSR count). The highest BCUT2D eigenvalue weighted by Gasteiger charge is 2.48.